The van der Waals surface area contributed by atoms with Crippen LogP contribution in [0.15, 0.2) is 42.5 Å². The molecular formula is C29H41F2N3O4S. The van der Waals surface area contributed by atoms with Crippen molar-refractivity contribution in [3.05, 3.63) is 70.8 Å². The Labute approximate surface area is 231 Å². The van der Waals surface area contributed by atoms with Gasteiger partial charge in [0, 0.05) is 38.2 Å². The largest absolute Gasteiger partial charge is 0.390 e. The molecule has 0 unspecified atom stereocenters. The average molecular weight is 566 g/mol. The molecule has 0 bridgehead atoms. The molecule has 216 valence electrons. The van der Waals surface area contributed by atoms with E-state index in [0.717, 1.165) is 17.2 Å². The number of amides is 1. The van der Waals surface area contributed by atoms with Crippen molar-refractivity contribution in [3.63, 3.8) is 0 Å². The van der Waals surface area contributed by atoms with E-state index in [1.54, 1.807) is 0 Å². The molecule has 1 aliphatic rings. The van der Waals surface area contributed by atoms with Crippen LogP contribution in [0.5, 0.6) is 0 Å². The van der Waals surface area contributed by atoms with E-state index in [-0.39, 0.29) is 24.3 Å². The third-order valence-corrected chi connectivity index (χ3v) is 8.73. The maximum absolute atomic E-state index is 13.8. The first-order chi connectivity index (χ1) is 18.1. The molecule has 1 saturated heterocycles. The predicted molar refractivity (Wildman–Crippen MR) is 149 cm³/mol. The van der Waals surface area contributed by atoms with E-state index in [1.807, 2.05) is 12.1 Å². The van der Waals surface area contributed by atoms with Crippen LogP contribution in [-0.2, 0) is 32.2 Å². The van der Waals surface area contributed by atoms with Gasteiger partial charge in [-0.25, -0.2) is 21.5 Å². The summed E-state index contributed by atoms with van der Waals surface area (Å²) in [6.45, 7) is 8.50. The quantitative estimate of drug-likeness (QED) is 0.432. The van der Waals surface area contributed by atoms with Gasteiger partial charge < -0.3 is 15.7 Å². The number of hydrogen-bond acceptors (Lipinski definition) is 5. The minimum absolute atomic E-state index is 0.0332. The molecule has 39 heavy (non-hydrogen) atoms. The minimum atomic E-state index is -3.37. The highest BCUT2D eigenvalue weighted by Gasteiger charge is 2.37. The van der Waals surface area contributed by atoms with Crippen molar-refractivity contribution in [1.29, 1.82) is 0 Å². The van der Waals surface area contributed by atoms with Gasteiger partial charge in [-0.3, -0.25) is 4.79 Å². The maximum atomic E-state index is 13.8. The fourth-order valence-corrected chi connectivity index (χ4v) is 6.15. The first kappa shape index (κ1) is 31.1. The molecule has 7 nitrogen and oxygen atoms in total. The van der Waals surface area contributed by atoms with Gasteiger partial charge in [-0.1, -0.05) is 45.0 Å². The Bertz CT molecular complexity index is 1250. The Morgan fingerprint density at radius 2 is 1.77 bits per heavy atom. The summed E-state index contributed by atoms with van der Waals surface area (Å²) < 4.78 is 53.7. The number of sulfonamides is 1. The number of rotatable bonds is 9. The van der Waals surface area contributed by atoms with E-state index >= 15 is 0 Å². The Balaban J connectivity index is 1.91. The van der Waals surface area contributed by atoms with E-state index in [2.05, 4.69) is 43.5 Å². The zero-order chi connectivity index (χ0) is 29.0. The summed E-state index contributed by atoms with van der Waals surface area (Å²) in [7, 11) is -3.37. The number of carbonyl (C=O) groups excluding carboxylic acids is 1. The van der Waals surface area contributed by atoms with Gasteiger partial charge in [-0.05, 0) is 59.9 Å². The number of halogens is 2. The number of hydrogen-bond donors (Lipinski definition) is 3. The average Bonchev–Trinajstić information content (AvgIpc) is 3.04. The monoisotopic (exact) mass is 565 g/mol. The summed E-state index contributed by atoms with van der Waals surface area (Å²) in [5, 5.41) is 17.5. The molecule has 10 heteroatoms. The van der Waals surface area contributed by atoms with Crippen LogP contribution in [0.1, 0.15) is 63.6 Å². The second-order valence-corrected chi connectivity index (χ2v) is 13.6. The summed E-state index contributed by atoms with van der Waals surface area (Å²) in [6.07, 6.45) is 1.90. The summed E-state index contributed by atoms with van der Waals surface area (Å²) in [5.41, 5.74) is 1.72. The van der Waals surface area contributed by atoms with Crippen molar-refractivity contribution in [1.82, 2.24) is 14.9 Å². The summed E-state index contributed by atoms with van der Waals surface area (Å²) >= 11 is 0. The Kier molecular flexibility index (Phi) is 9.91. The molecule has 0 saturated carbocycles. The minimum Gasteiger partial charge on any atom is -0.390 e. The molecule has 0 aliphatic carbocycles. The van der Waals surface area contributed by atoms with Crippen LogP contribution >= 0.6 is 0 Å². The van der Waals surface area contributed by atoms with Crippen molar-refractivity contribution >= 4 is 15.9 Å². The van der Waals surface area contributed by atoms with E-state index in [1.165, 1.54) is 29.6 Å². The molecule has 1 heterocycles. The van der Waals surface area contributed by atoms with E-state index in [4.69, 9.17) is 0 Å². The fourth-order valence-electron chi connectivity index (χ4n) is 5.26. The van der Waals surface area contributed by atoms with Crippen LogP contribution in [0.3, 0.4) is 0 Å². The van der Waals surface area contributed by atoms with Crippen molar-refractivity contribution in [2.45, 2.75) is 76.5 Å². The third kappa shape index (κ3) is 8.54. The second kappa shape index (κ2) is 12.4. The van der Waals surface area contributed by atoms with E-state index in [9.17, 15) is 27.1 Å². The maximum Gasteiger partial charge on any atom is 0.217 e. The van der Waals surface area contributed by atoms with Gasteiger partial charge in [0.15, 0.2) is 0 Å². The number of aliphatic hydroxyl groups excluding tert-OH is 1. The highest BCUT2D eigenvalue weighted by atomic mass is 32.2. The zero-order valence-corrected chi connectivity index (χ0v) is 24.2. The van der Waals surface area contributed by atoms with Gasteiger partial charge in [0.1, 0.15) is 11.6 Å². The number of benzene rings is 2. The van der Waals surface area contributed by atoms with Crippen LogP contribution in [0.2, 0.25) is 0 Å². The van der Waals surface area contributed by atoms with Crippen molar-refractivity contribution in [2.75, 3.05) is 25.9 Å². The van der Waals surface area contributed by atoms with Crippen LogP contribution in [-0.4, -0.2) is 61.8 Å². The van der Waals surface area contributed by atoms with Crippen LogP contribution in [0, 0.1) is 11.6 Å². The Morgan fingerprint density at radius 1 is 1.10 bits per heavy atom. The summed E-state index contributed by atoms with van der Waals surface area (Å²) in [6, 6.07) is 10.6. The van der Waals surface area contributed by atoms with Crippen LogP contribution in [0.4, 0.5) is 8.78 Å². The molecule has 1 aliphatic heterocycles. The zero-order valence-electron chi connectivity index (χ0n) is 23.4. The molecule has 1 fully saturated rings. The number of nitrogens with one attached hydrogen (secondary N) is 2. The molecule has 0 aromatic heterocycles. The Morgan fingerprint density at radius 3 is 2.36 bits per heavy atom. The normalized spacial score (nSPS) is 20.7. The standard InChI is InChI=1S/C29H41F2N3O4S/c1-20(35)33-26(16-21-14-24(30)18-25(31)15-21)27(36)19-32-29(10-7-12-34(13-11-29)39(5,37)38)23-9-6-8-22(17-23)28(2,3)4/h6,8-9,14-15,17-18,26-27,32,36H,7,10-13,16,19H2,1-5H3,(H,33,35)/t26-,27+,29-/m0/s1. The Hall–Kier alpha value is -2.40. The molecular weight excluding hydrogens is 524 g/mol. The lowest BCUT2D eigenvalue weighted by Crippen LogP contribution is -2.53. The van der Waals surface area contributed by atoms with Gasteiger partial charge in [0.05, 0.1) is 18.4 Å². The van der Waals surface area contributed by atoms with Gasteiger partial charge >= 0.3 is 0 Å². The lowest BCUT2D eigenvalue weighted by atomic mass is 9.79. The molecule has 3 rings (SSSR count). The van der Waals surface area contributed by atoms with E-state index < -0.39 is 39.3 Å². The topological polar surface area (TPSA) is 98.7 Å². The lowest BCUT2D eigenvalue weighted by Gasteiger charge is -2.37. The van der Waals surface area contributed by atoms with E-state index in [0.29, 0.717) is 37.9 Å². The number of nitrogens with zero attached hydrogens (tertiary/aromatic N) is 1. The highest BCUT2D eigenvalue weighted by Crippen LogP contribution is 2.36. The second-order valence-electron chi connectivity index (χ2n) is 11.7. The molecule has 3 N–H and O–H groups in total. The number of aliphatic hydroxyl groups is 1. The first-order valence-electron chi connectivity index (χ1n) is 13.3. The third-order valence-electron chi connectivity index (χ3n) is 7.43. The van der Waals surface area contributed by atoms with Gasteiger partial charge in [0.2, 0.25) is 15.9 Å². The summed E-state index contributed by atoms with van der Waals surface area (Å²) in [4.78, 5) is 11.9. The highest BCUT2D eigenvalue weighted by molar-refractivity contribution is 7.88. The molecule has 0 radical (unpaired) electrons. The molecule has 2 aromatic rings. The summed E-state index contributed by atoms with van der Waals surface area (Å²) in [5.74, 6) is -1.83. The number of carbonyl (C=O) groups is 1. The lowest BCUT2D eigenvalue weighted by molar-refractivity contribution is -0.120. The SMILES string of the molecule is CC(=O)N[C@@H](Cc1cc(F)cc(F)c1)[C@H](O)CN[C@@]1(c2cccc(C(C)(C)C)c2)CCCN(S(C)(=O)=O)CC1. The van der Waals surface area contributed by atoms with Crippen LogP contribution < -0.4 is 10.6 Å². The van der Waals surface area contributed by atoms with Gasteiger partial charge in [0.25, 0.3) is 0 Å². The van der Waals surface area contributed by atoms with Crippen molar-refractivity contribution in [2.24, 2.45) is 0 Å². The first-order valence-corrected chi connectivity index (χ1v) is 15.2. The van der Waals surface area contributed by atoms with Crippen molar-refractivity contribution in [3.8, 4) is 0 Å². The van der Waals surface area contributed by atoms with Crippen LogP contribution in [0.25, 0.3) is 0 Å². The predicted octanol–water partition coefficient (Wildman–Crippen LogP) is 3.60. The molecule has 3 atom stereocenters. The van der Waals surface area contributed by atoms with Crippen molar-refractivity contribution < 1.29 is 27.1 Å². The molecule has 2 aromatic carbocycles. The van der Waals surface area contributed by atoms with Gasteiger partial charge in [-0.2, -0.15) is 0 Å². The smallest absolute Gasteiger partial charge is 0.217 e. The fraction of sp³-hybridized carbons (Fsp3) is 0.552. The van der Waals surface area contributed by atoms with Gasteiger partial charge in [-0.15, -0.1) is 0 Å². The molecule has 1 amide bonds. The molecule has 0 spiro atoms.